The lowest BCUT2D eigenvalue weighted by atomic mass is 9.62. The molecule has 0 aromatic heterocycles. The standard InChI is InChI=1S/C20H27ClN2O.C6H5Cl/c1-12-17-10-14(8-9-20(17,3)13(2)22-12)16-7-6-15(11-18(16)21)19(24)23(4)5;7-6-4-2-1-3-5-6/h6-7,11-12,14,17,22H,2,8-10H2,1,3-5H3;1-5H. The SMILES string of the molecule is C=C1NC(C)C2CC(c3ccc(C(=O)N(C)C)cc3Cl)CCC12C.Clc1ccccc1. The van der Waals surface area contributed by atoms with E-state index in [1.165, 1.54) is 11.3 Å². The maximum atomic E-state index is 12.1. The molecule has 0 bridgehead atoms. The summed E-state index contributed by atoms with van der Waals surface area (Å²) in [4.78, 5) is 13.7. The number of nitrogens with zero attached hydrogens (tertiary/aromatic N) is 1. The van der Waals surface area contributed by atoms with Crippen molar-refractivity contribution in [2.75, 3.05) is 14.1 Å². The van der Waals surface area contributed by atoms with Gasteiger partial charge in [0.05, 0.1) is 0 Å². The largest absolute Gasteiger partial charge is 0.386 e. The van der Waals surface area contributed by atoms with E-state index >= 15 is 0 Å². The summed E-state index contributed by atoms with van der Waals surface area (Å²) < 4.78 is 0. The number of rotatable bonds is 2. The van der Waals surface area contributed by atoms with Crippen molar-refractivity contribution in [2.24, 2.45) is 11.3 Å². The fourth-order valence-electron chi connectivity index (χ4n) is 4.96. The molecule has 4 unspecified atom stereocenters. The zero-order valence-electron chi connectivity index (χ0n) is 18.8. The van der Waals surface area contributed by atoms with Crippen LogP contribution in [0.5, 0.6) is 0 Å². The summed E-state index contributed by atoms with van der Waals surface area (Å²) in [5.41, 5.74) is 3.22. The normalized spacial score (nSPS) is 26.9. The number of benzene rings is 2. The fraction of sp³-hybridized carbons (Fsp3) is 0.423. The van der Waals surface area contributed by atoms with Crippen LogP contribution >= 0.6 is 23.2 Å². The van der Waals surface area contributed by atoms with Crippen molar-refractivity contribution in [3.8, 4) is 0 Å². The molecule has 5 heteroatoms. The highest BCUT2D eigenvalue weighted by Crippen LogP contribution is 2.55. The van der Waals surface area contributed by atoms with Crippen LogP contribution in [-0.4, -0.2) is 30.9 Å². The molecular formula is C26H32Cl2N2O. The summed E-state index contributed by atoms with van der Waals surface area (Å²) in [6.07, 6.45) is 3.36. The first-order valence-corrected chi connectivity index (χ1v) is 11.6. The van der Waals surface area contributed by atoms with Gasteiger partial charge in [0.15, 0.2) is 0 Å². The number of allylic oxidation sites excluding steroid dienone is 1. The van der Waals surface area contributed by atoms with Gasteiger partial charge in [-0.15, -0.1) is 0 Å². The third kappa shape index (κ3) is 5.10. The summed E-state index contributed by atoms with van der Waals surface area (Å²) in [6.45, 7) is 8.84. The summed E-state index contributed by atoms with van der Waals surface area (Å²) in [7, 11) is 3.51. The molecule has 0 radical (unpaired) electrons. The minimum Gasteiger partial charge on any atom is -0.386 e. The van der Waals surface area contributed by atoms with Crippen molar-refractivity contribution in [1.29, 1.82) is 0 Å². The Labute approximate surface area is 196 Å². The van der Waals surface area contributed by atoms with Crippen LogP contribution in [0.3, 0.4) is 0 Å². The Morgan fingerprint density at radius 3 is 2.39 bits per heavy atom. The Morgan fingerprint density at radius 2 is 1.84 bits per heavy atom. The first kappa shape index (κ1) is 23.7. The number of hydrogen-bond donors (Lipinski definition) is 1. The molecule has 166 valence electrons. The average molecular weight is 459 g/mol. The average Bonchev–Trinajstić information content (AvgIpc) is 2.96. The van der Waals surface area contributed by atoms with Crippen LogP contribution in [0, 0.1) is 11.3 Å². The molecular weight excluding hydrogens is 427 g/mol. The topological polar surface area (TPSA) is 32.3 Å². The van der Waals surface area contributed by atoms with E-state index in [4.69, 9.17) is 23.2 Å². The Morgan fingerprint density at radius 1 is 1.16 bits per heavy atom. The molecule has 1 saturated carbocycles. The predicted molar refractivity (Wildman–Crippen MR) is 131 cm³/mol. The minimum atomic E-state index is -0.00964. The van der Waals surface area contributed by atoms with Crippen molar-refractivity contribution in [3.63, 3.8) is 0 Å². The summed E-state index contributed by atoms with van der Waals surface area (Å²) in [6, 6.07) is 15.7. The van der Waals surface area contributed by atoms with Gasteiger partial charge < -0.3 is 10.2 Å². The van der Waals surface area contributed by atoms with Gasteiger partial charge in [-0.2, -0.15) is 0 Å². The van der Waals surface area contributed by atoms with Gasteiger partial charge in [0.1, 0.15) is 0 Å². The number of amides is 1. The lowest BCUT2D eigenvalue weighted by Gasteiger charge is -2.41. The number of fused-ring (bicyclic) bond motifs is 1. The first-order valence-electron chi connectivity index (χ1n) is 10.8. The summed E-state index contributed by atoms with van der Waals surface area (Å²) in [5, 5.41) is 5.06. The van der Waals surface area contributed by atoms with Crippen LogP contribution in [0.4, 0.5) is 0 Å². The van der Waals surface area contributed by atoms with Gasteiger partial charge in [0.2, 0.25) is 0 Å². The Hall–Kier alpha value is -1.97. The lowest BCUT2D eigenvalue weighted by molar-refractivity contribution is 0.0827. The number of nitrogens with one attached hydrogen (secondary N) is 1. The second-order valence-electron chi connectivity index (χ2n) is 9.14. The Bertz CT molecular complexity index is 944. The van der Waals surface area contributed by atoms with Gasteiger partial charge >= 0.3 is 0 Å². The third-order valence-electron chi connectivity index (χ3n) is 6.89. The smallest absolute Gasteiger partial charge is 0.253 e. The maximum Gasteiger partial charge on any atom is 0.253 e. The molecule has 3 nitrogen and oxygen atoms in total. The molecule has 1 heterocycles. The van der Waals surface area contributed by atoms with E-state index < -0.39 is 0 Å². The molecule has 1 aliphatic heterocycles. The number of hydrogen-bond acceptors (Lipinski definition) is 2. The third-order valence-corrected chi connectivity index (χ3v) is 7.47. The van der Waals surface area contributed by atoms with Crippen molar-refractivity contribution in [3.05, 3.63) is 82.0 Å². The van der Waals surface area contributed by atoms with E-state index in [9.17, 15) is 4.79 Å². The number of carbonyl (C=O) groups is 1. The van der Waals surface area contributed by atoms with Crippen LogP contribution in [0.15, 0.2) is 60.8 Å². The van der Waals surface area contributed by atoms with Gasteiger partial charge in [-0.25, -0.2) is 0 Å². The fourth-order valence-corrected chi connectivity index (χ4v) is 5.44. The zero-order valence-corrected chi connectivity index (χ0v) is 20.3. The second kappa shape index (κ2) is 9.67. The van der Waals surface area contributed by atoms with Gasteiger partial charge in [-0.1, -0.05) is 61.0 Å². The maximum absolute atomic E-state index is 12.1. The van der Waals surface area contributed by atoms with Gasteiger partial charge in [-0.3, -0.25) is 4.79 Å². The molecule has 1 aliphatic carbocycles. The van der Waals surface area contributed by atoms with Crippen LogP contribution in [-0.2, 0) is 0 Å². The number of halogens is 2. The van der Waals surface area contributed by atoms with Crippen molar-refractivity contribution in [1.82, 2.24) is 10.2 Å². The Balaban J connectivity index is 0.000000330. The van der Waals surface area contributed by atoms with Gasteiger partial charge in [0, 0.05) is 46.9 Å². The highest BCUT2D eigenvalue weighted by atomic mass is 35.5. The van der Waals surface area contributed by atoms with E-state index in [1.54, 1.807) is 19.0 Å². The lowest BCUT2D eigenvalue weighted by Crippen LogP contribution is -2.34. The molecule has 4 atom stereocenters. The molecule has 31 heavy (non-hydrogen) atoms. The molecule has 0 spiro atoms. The molecule has 2 fully saturated rings. The van der Waals surface area contributed by atoms with E-state index in [0.29, 0.717) is 28.5 Å². The van der Waals surface area contributed by atoms with Crippen LogP contribution in [0.2, 0.25) is 10.0 Å². The van der Waals surface area contributed by atoms with E-state index in [1.807, 2.05) is 48.5 Å². The molecule has 2 aromatic carbocycles. The first-order chi connectivity index (χ1) is 14.6. The van der Waals surface area contributed by atoms with Crippen LogP contribution in [0.25, 0.3) is 0 Å². The molecule has 1 saturated heterocycles. The van der Waals surface area contributed by atoms with E-state index in [2.05, 4.69) is 25.7 Å². The highest BCUT2D eigenvalue weighted by Gasteiger charge is 2.49. The van der Waals surface area contributed by atoms with E-state index in [0.717, 1.165) is 24.3 Å². The van der Waals surface area contributed by atoms with Crippen molar-refractivity contribution < 1.29 is 4.79 Å². The quantitative estimate of drug-likeness (QED) is 0.537. The molecule has 1 amide bonds. The monoisotopic (exact) mass is 458 g/mol. The summed E-state index contributed by atoms with van der Waals surface area (Å²) >= 11 is 12.1. The van der Waals surface area contributed by atoms with E-state index in [-0.39, 0.29) is 11.3 Å². The van der Waals surface area contributed by atoms with Crippen molar-refractivity contribution in [2.45, 2.75) is 45.1 Å². The molecule has 1 N–H and O–H groups in total. The minimum absolute atomic E-state index is 0.00964. The molecule has 2 aromatic rings. The molecule has 4 rings (SSSR count). The number of carbonyl (C=O) groups excluding carboxylic acids is 1. The second-order valence-corrected chi connectivity index (χ2v) is 9.98. The highest BCUT2D eigenvalue weighted by molar-refractivity contribution is 6.31. The molecule has 2 aliphatic rings. The van der Waals surface area contributed by atoms with Crippen LogP contribution in [0.1, 0.15) is 54.9 Å². The van der Waals surface area contributed by atoms with Crippen LogP contribution < -0.4 is 5.32 Å². The zero-order chi connectivity index (χ0) is 22.8. The summed E-state index contributed by atoms with van der Waals surface area (Å²) in [5.74, 6) is 1.03. The Kier molecular flexibility index (Phi) is 7.39. The van der Waals surface area contributed by atoms with Gasteiger partial charge in [0.25, 0.3) is 5.91 Å². The van der Waals surface area contributed by atoms with Gasteiger partial charge in [-0.05, 0) is 67.9 Å². The van der Waals surface area contributed by atoms with Crippen molar-refractivity contribution >= 4 is 29.1 Å². The predicted octanol–water partition coefficient (Wildman–Crippen LogP) is 6.78.